The Balaban J connectivity index is 1.66. The van der Waals surface area contributed by atoms with E-state index in [4.69, 9.17) is 11.6 Å². The summed E-state index contributed by atoms with van der Waals surface area (Å²) in [7, 11) is -3.78. The van der Waals surface area contributed by atoms with E-state index < -0.39 is 10.0 Å². The molecular weight excluding hydrogens is 384 g/mol. The third kappa shape index (κ3) is 3.70. The van der Waals surface area contributed by atoms with Gasteiger partial charge in [0.1, 0.15) is 10.7 Å². The van der Waals surface area contributed by atoms with Gasteiger partial charge in [0.15, 0.2) is 5.82 Å². The fourth-order valence-electron chi connectivity index (χ4n) is 3.29. The van der Waals surface area contributed by atoms with E-state index >= 15 is 0 Å². The molecule has 0 aliphatic carbocycles. The quantitative estimate of drug-likeness (QED) is 0.711. The Bertz CT molecular complexity index is 1080. The maximum absolute atomic E-state index is 12.7. The minimum absolute atomic E-state index is 0.0495. The highest BCUT2D eigenvalue weighted by molar-refractivity contribution is 7.92. The van der Waals surface area contributed by atoms with E-state index in [-0.39, 0.29) is 9.92 Å². The first-order chi connectivity index (χ1) is 13.0. The van der Waals surface area contributed by atoms with Crippen LogP contribution in [0.2, 0.25) is 5.02 Å². The maximum Gasteiger partial charge on any atom is 0.263 e. The van der Waals surface area contributed by atoms with Crippen LogP contribution in [0.1, 0.15) is 25.1 Å². The molecule has 0 spiro atoms. The third-order valence-electron chi connectivity index (χ3n) is 4.61. The first-order valence-corrected chi connectivity index (χ1v) is 10.7. The molecular formula is C19H19ClN4O2S. The lowest BCUT2D eigenvalue weighted by atomic mass is 10.2. The van der Waals surface area contributed by atoms with Crippen molar-refractivity contribution in [2.75, 3.05) is 4.72 Å². The molecule has 0 radical (unpaired) electrons. The van der Waals surface area contributed by atoms with Crippen LogP contribution in [0.15, 0.2) is 53.4 Å². The number of aromatic nitrogens is 3. The van der Waals surface area contributed by atoms with Gasteiger partial charge in [0.05, 0.1) is 5.02 Å². The summed E-state index contributed by atoms with van der Waals surface area (Å²) in [6.45, 7) is 0.882. The lowest BCUT2D eigenvalue weighted by molar-refractivity contribution is 0.601. The molecule has 2 aromatic carbocycles. The summed E-state index contributed by atoms with van der Waals surface area (Å²) in [4.78, 5) is 0.0495. The molecule has 0 amide bonds. The molecule has 27 heavy (non-hydrogen) atoms. The van der Waals surface area contributed by atoms with Crippen LogP contribution >= 0.6 is 11.6 Å². The van der Waals surface area contributed by atoms with Crippen molar-refractivity contribution in [3.63, 3.8) is 0 Å². The van der Waals surface area contributed by atoms with Gasteiger partial charge in [-0.15, -0.1) is 10.2 Å². The predicted octanol–water partition coefficient (Wildman–Crippen LogP) is 4.13. The fourth-order valence-corrected chi connectivity index (χ4v) is 4.86. The molecule has 1 aliphatic rings. The first kappa shape index (κ1) is 18.0. The number of hydrogen-bond acceptors (Lipinski definition) is 4. The molecule has 2 heterocycles. The van der Waals surface area contributed by atoms with E-state index in [1.54, 1.807) is 36.4 Å². The zero-order valence-electron chi connectivity index (χ0n) is 14.6. The van der Waals surface area contributed by atoms with Gasteiger partial charge in [-0.1, -0.05) is 42.3 Å². The summed E-state index contributed by atoms with van der Waals surface area (Å²) in [6.07, 6.45) is 4.32. The van der Waals surface area contributed by atoms with Crippen molar-refractivity contribution in [2.45, 2.75) is 37.1 Å². The lowest BCUT2D eigenvalue weighted by Crippen LogP contribution is -2.13. The number of anilines is 1. The minimum Gasteiger partial charge on any atom is -0.311 e. The monoisotopic (exact) mass is 402 g/mol. The number of fused-ring (bicyclic) bond motifs is 1. The van der Waals surface area contributed by atoms with Crippen LogP contribution < -0.4 is 4.72 Å². The van der Waals surface area contributed by atoms with Crippen LogP contribution in [0.5, 0.6) is 0 Å². The summed E-state index contributed by atoms with van der Waals surface area (Å²) >= 11 is 6.04. The first-order valence-electron chi connectivity index (χ1n) is 8.84. The van der Waals surface area contributed by atoms with Crippen LogP contribution in [0, 0.1) is 0 Å². The van der Waals surface area contributed by atoms with Gasteiger partial charge < -0.3 is 4.57 Å². The third-order valence-corrected chi connectivity index (χ3v) is 6.49. The molecule has 3 aromatic rings. The number of benzene rings is 2. The maximum atomic E-state index is 12.7. The number of aryl methyl sites for hydroxylation is 1. The average Bonchev–Trinajstić information content (AvgIpc) is 2.90. The van der Waals surface area contributed by atoms with Crippen molar-refractivity contribution in [3.8, 4) is 11.4 Å². The summed E-state index contributed by atoms with van der Waals surface area (Å²) in [5, 5.41) is 8.83. The van der Waals surface area contributed by atoms with Gasteiger partial charge in [0.2, 0.25) is 0 Å². The van der Waals surface area contributed by atoms with E-state index in [0.717, 1.165) is 43.0 Å². The Morgan fingerprint density at radius 2 is 1.85 bits per heavy atom. The van der Waals surface area contributed by atoms with Gasteiger partial charge >= 0.3 is 0 Å². The number of hydrogen-bond donors (Lipinski definition) is 1. The van der Waals surface area contributed by atoms with E-state index in [9.17, 15) is 8.42 Å². The Hall–Kier alpha value is -2.38. The minimum atomic E-state index is -3.78. The number of halogens is 1. The predicted molar refractivity (Wildman–Crippen MR) is 105 cm³/mol. The normalized spacial score (nSPS) is 14.4. The smallest absolute Gasteiger partial charge is 0.263 e. The second kappa shape index (κ2) is 7.32. The Labute approximate surface area is 163 Å². The van der Waals surface area contributed by atoms with Crippen LogP contribution in [0.4, 0.5) is 5.69 Å². The molecule has 1 aromatic heterocycles. The molecule has 0 bridgehead atoms. The standard InChI is InChI=1S/C19H19ClN4O2S/c20-16-9-3-4-10-17(16)27(25,26)23-15-8-6-7-14(13-15)19-22-21-18-11-2-1-5-12-24(18)19/h3-4,6-10,13,23H,1-2,5,11-12H2. The Kier molecular flexibility index (Phi) is 4.88. The van der Waals surface area contributed by atoms with Crippen LogP contribution in [0.25, 0.3) is 11.4 Å². The van der Waals surface area contributed by atoms with E-state index in [1.807, 2.05) is 6.07 Å². The highest BCUT2D eigenvalue weighted by Crippen LogP contribution is 2.27. The lowest BCUT2D eigenvalue weighted by Gasteiger charge is -2.11. The van der Waals surface area contributed by atoms with Crippen molar-refractivity contribution < 1.29 is 8.42 Å². The van der Waals surface area contributed by atoms with Gasteiger partial charge in [0.25, 0.3) is 10.0 Å². The highest BCUT2D eigenvalue weighted by Gasteiger charge is 2.19. The van der Waals surface area contributed by atoms with Crippen molar-refractivity contribution >= 4 is 27.3 Å². The van der Waals surface area contributed by atoms with E-state index in [2.05, 4.69) is 19.5 Å². The summed E-state index contributed by atoms with van der Waals surface area (Å²) in [5.41, 5.74) is 1.29. The molecule has 4 rings (SSSR count). The molecule has 140 valence electrons. The number of sulfonamides is 1. The van der Waals surface area contributed by atoms with Crippen molar-refractivity contribution in [1.29, 1.82) is 0 Å². The fraction of sp³-hybridized carbons (Fsp3) is 0.263. The summed E-state index contributed by atoms with van der Waals surface area (Å²) in [6, 6.07) is 13.6. The second-order valence-corrected chi connectivity index (χ2v) is 8.58. The SMILES string of the molecule is O=S(=O)(Nc1cccc(-c2nnc3n2CCCCC3)c1)c1ccccc1Cl. The molecule has 0 saturated heterocycles. The highest BCUT2D eigenvalue weighted by atomic mass is 35.5. The summed E-state index contributed by atoms with van der Waals surface area (Å²) in [5.74, 6) is 1.76. The molecule has 0 atom stereocenters. The molecule has 0 fully saturated rings. The van der Waals surface area contributed by atoms with Crippen LogP contribution in [-0.4, -0.2) is 23.2 Å². The van der Waals surface area contributed by atoms with Crippen molar-refractivity contribution in [1.82, 2.24) is 14.8 Å². The van der Waals surface area contributed by atoms with Crippen LogP contribution in [0.3, 0.4) is 0 Å². The summed E-state index contributed by atoms with van der Waals surface area (Å²) < 4.78 is 30.1. The van der Waals surface area contributed by atoms with Gasteiger partial charge in [-0.05, 0) is 37.1 Å². The zero-order chi connectivity index (χ0) is 18.9. The van der Waals surface area contributed by atoms with Crippen molar-refractivity contribution in [2.24, 2.45) is 0 Å². The van der Waals surface area contributed by atoms with E-state index in [1.165, 1.54) is 12.5 Å². The van der Waals surface area contributed by atoms with Gasteiger partial charge in [-0.2, -0.15) is 0 Å². The van der Waals surface area contributed by atoms with E-state index in [0.29, 0.717) is 5.69 Å². The molecule has 6 nitrogen and oxygen atoms in total. The van der Waals surface area contributed by atoms with Crippen molar-refractivity contribution in [3.05, 3.63) is 59.4 Å². The molecule has 1 aliphatic heterocycles. The average molecular weight is 403 g/mol. The Morgan fingerprint density at radius 1 is 1.00 bits per heavy atom. The number of nitrogens with one attached hydrogen (secondary N) is 1. The molecule has 1 N–H and O–H groups in total. The van der Waals surface area contributed by atoms with Crippen LogP contribution in [-0.2, 0) is 23.0 Å². The zero-order valence-corrected chi connectivity index (χ0v) is 16.2. The van der Waals surface area contributed by atoms with Gasteiger partial charge in [0, 0.05) is 24.2 Å². The topological polar surface area (TPSA) is 76.9 Å². The van der Waals surface area contributed by atoms with Gasteiger partial charge in [-0.3, -0.25) is 4.72 Å². The molecule has 0 unspecified atom stereocenters. The number of rotatable bonds is 4. The Morgan fingerprint density at radius 3 is 2.70 bits per heavy atom. The second-order valence-electron chi connectivity index (χ2n) is 6.52. The molecule has 8 heteroatoms. The molecule has 0 saturated carbocycles. The van der Waals surface area contributed by atoms with Gasteiger partial charge in [-0.25, -0.2) is 8.42 Å². The number of nitrogens with zero attached hydrogens (tertiary/aromatic N) is 3. The largest absolute Gasteiger partial charge is 0.311 e.